The second-order valence-corrected chi connectivity index (χ2v) is 4.85. The van der Waals surface area contributed by atoms with Crippen molar-refractivity contribution >= 4 is 28.9 Å². The van der Waals surface area contributed by atoms with Gasteiger partial charge in [-0.3, -0.25) is 0 Å². The molecule has 2 rings (SSSR count). The van der Waals surface area contributed by atoms with Crippen molar-refractivity contribution < 1.29 is 9.90 Å². The van der Waals surface area contributed by atoms with E-state index in [0.717, 1.165) is 10.6 Å². The molecule has 0 aliphatic rings. The molecule has 5 heteroatoms. The fourth-order valence-corrected chi connectivity index (χ4v) is 2.39. The van der Waals surface area contributed by atoms with Crippen LogP contribution in [0.15, 0.2) is 18.2 Å². The Kier molecular flexibility index (Phi) is 2.54. The number of thiophene rings is 1. The second-order valence-electron chi connectivity index (χ2n) is 3.13. The van der Waals surface area contributed by atoms with Gasteiger partial charge in [-0.15, -0.1) is 11.3 Å². The summed E-state index contributed by atoms with van der Waals surface area (Å²) in [4.78, 5) is 14.8. The lowest BCUT2D eigenvalue weighted by Gasteiger charge is -1.89. The van der Waals surface area contributed by atoms with E-state index in [1.807, 2.05) is 6.07 Å². The normalized spacial score (nSPS) is 10.5. The Labute approximate surface area is 95.3 Å². The number of halogens is 1. The van der Waals surface area contributed by atoms with Crippen molar-refractivity contribution in [1.29, 1.82) is 0 Å². The Balaban J connectivity index is 2.46. The van der Waals surface area contributed by atoms with Crippen LogP contribution in [0.1, 0.15) is 16.1 Å². The minimum Gasteiger partial charge on any atom is -0.478 e. The number of H-pyrrole nitrogens is 1. The highest BCUT2D eigenvalue weighted by molar-refractivity contribution is 7.19. The summed E-state index contributed by atoms with van der Waals surface area (Å²) in [6.07, 6.45) is 0. The van der Waals surface area contributed by atoms with Gasteiger partial charge in [-0.25, -0.2) is 4.79 Å². The Hall–Kier alpha value is -1.26. The molecule has 0 spiro atoms. The van der Waals surface area contributed by atoms with Gasteiger partial charge in [-0.1, -0.05) is 11.6 Å². The number of hydrogen-bond donors (Lipinski definition) is 2. The molecule has 0 bridgehead atoms. The first kappa shape index (κ1) is 10.3. The van der Waals surface area contributed by atoms with Crippen LogP contribution in [0.5, 0.6) is 0 Å². The largest absolute Gasteiger partial charge is 0.478 e. The number of aromatic nitrogens is 1. The van der Waals surface area contributed by atoms with E-state index in [9.17, 15) is 4.79 Å². The van der Waals surface area contributed by atoms with Crippen LogP contribution < -0.4 is 0 Å². The van der Waals surface area contributed by atoms with Crippen LogP contribution in [0, 0.1) is 6.92 Å². The number of carboxylic acids is 1. The molecular weight excluding hydrogens is 234 g/mol. The van der Waals surface area contributed by atoms with Gasteiger partial charge in [-0.05, 0) is 25.1 Å². The number of aryl methyl sites for hydroxylation is 1. The van der Waals surface area contributed by atoms with Crippen LogP contribution in [0.2, 0.25) is 4.34 Å². The molecule has 0 amide bonds. The highest BCUT2D eigenvalue weighted by Crippen LogP contribution is 2.31. The topological polar surface area (TPSA) is 53.1 Å². The first-order chi connectivity index (χ1) is 7.08. The lowest BCUT2D eigenvalue weighted by Crippen LogP contribution is -1.95. The molecule has 3 nitrogen and oxygen atoms in total. The maximum absolute atomic E-state index is 10.8. The number of carboxylic acid groups (broad SMARTS) is 1. The summed E-state index contributed by atoms with van der Waals surface area (Å²) in [7, 11) is 0. The molecule has 2 aromatic rings. The van der Waals surface area contributed by atoms with Crippen LogP contribution in [0.4, 0.5) is 0 Å². The monoisotopic (exact) mass is 241 g/mol. The van der Waals surface area contributed by atoms with Crippen LogP contribution in [0.3, 0.4) is 0 Å². The first-order valence-electron chi connectivity index (χ1n) is 4.26. The van der Waals surface area contributed by atoms with Crippen molar-refractivity contribution in [2.45, 2.75) is 6.92 Å². The molecule has 0 radical (unpaired) electrons. The molecular formula is C10H8ClNO2S. The molecule has 0 unspecified atom stereocenters. The molecule has 2 heterocycles. The molecule has 0 fully saturated rings. The van der Waals surface area contributed by atoms with E-state index in [4.69, 9.17) is 16.7 Å². The Bertz CT molecular complexity index is 515. The fraction of sp³-hybridized carbons (Fsp3) is 0.100. The number of hydrogen-bond acceptors (Lipinski definition) is 2. The first-order valence-corrected chi connectivity index (χ1v) is 5.46. The number of aromatic amines is 1. The molecule has 15 heavy (non-hydrogen) atoms. The zero-order chi connectivity index (χ0) is 11.0. The van der Waals surface area contributed by atoms with Crippen LogP contribution in [0.25, 0.3) is 10.6 Å². The summed E-state index contributed by atoms with van der Waals surface area (Å²) < 4.78 is 0.689. The third kappa shape index (κ3) is 1.91. The van der Waals surface area contributed by atoms with Gasteiger partial charge >= 0.3 is 5.97 Å². The van der Waals surface area contributed by atoms with Gasteiger partial charge in [0.1, 0.15) is 0 Å². The molecule has 0 saturated heterocycles. The molecule has 0 aliphatic heterocycles. The molecule has 0 saturated carbocycles. The third-order valence-corrected chi connectivity index (χ3v) is 3.35. The number of rotatable bonds is 2. The van der Waals surface area contributed by atoms with Gasteiger partial charge in [0.15, 0.2) is 0 Å². The highest BCUT2D eigenvalue weighted by Gasteiger charge is 2.12. The minimum atomic E-state index is -0.919. The highest BCUT2D eigenvalue weighted by atomic mass is 35.5. The summed E-state index contributed by atoms with van der Waals surface area (Å²) in [6.45, 7) is 1.74. The van der Waals surface area contributed by atoms with Gasteiger partial charge in [0.25, 0.3) is 0 Å². The average Bonchev–Trinajstić information content (AvgIpc) is 2.71. The third-order valence-electron chi connectivity index (χ3n) is 2.08. The minimum absolute atomic E-state index is 0.300. The number of carbonyl (C=O) groups is 1. The van der Waals surface area contributed by atoms with E-state index in [-0.39, 0.29) is 0 Å². The van der Waals surface area contributed by atoms with Crippen molar-refractivity contribution in [3.05, 3.63) is 33.8 Å². The summed E-state index contributed by atoms with van der Waals surface area (Å²) in [6, 6.07) is 5.28. The van der Waals surface area contributed by atoms with Crippen molar-refractivity contribution in [1.82, 2.24) is 4.98 Å². The van der Waals surface area contributed by atoms with Crippen LogP contribution in [-0.4, -0.2) is 16.1 Å². The quantitative estimate of drug-likeness (QED) is 0.847. The van der Waals surface area contributed by atoms with E-state index < -0.39 is 5.97 Å². The average molecular weight is 242 g/mol. The van der Waals surface area contributed by atoms with Crippen molar-refractivity contribution in [2.75, 3.05) is 0 Å². The van der Waals surface area contributed by atoms with Crippen molar-refractivity contribution in [3.63, 3.8) is 0 Å². The van der Waals surface area contributed by atoms with Crippen LogP contribution in [-0.2, 0) is 0 Å². The molecule has 78 valence electrons. The summed E-state index contributed by atoms with van der Waals surface area (Å²) in [5.74, 6) is -0.919. The van der Waals surface area contributed by atoms with E-state index in [0.29, 0.717) is 15.6 Å². The predicted octanol–water partition coefficient (Wildman–Crippen LogP) is 3.40. The molecule has 0 atom stereocenters. The predicted molar refractivity (Wildman–Crippen MR) is 60.8 cm³/mol. The smallest absolute Gasteiger partial charge is 0.337 e. The number of aromatic carboxylic acids is 1. The Morgan fingerprint density at radius 3 is 2.73 bits per heavy atom. The molecule has 2 aromatic heterocycles. The lowest BCUT2D eigenvalue weighted by molar-refractivity contribution is 0.0696. The van der Waals surface area contributed by atoms with E-state index in [1.165, 1.54) is 11.3 Å². The molecule has 2 N–H and O–H groups in total. The zero-order valence-corrected chi connectivity index (χ0v) is 9.45. The SMILES string of the molecule is Cc1[nH]c(-c2ccc(Cl)s2)cc1C(=O)O. The van der Waals surface area contributed by atoms with Crippen molar-refractivity contribution in [3.8, 4) is 10.6 Å². The van der Waals surface area contributed by atoms with E-state index in [1.54, 1.807) is 19.1 Å². The summed E-state index contributed by atoms with van der Waals surface area (Å²) in [5, 5.41) is 8.89. The van der Waals surface area contributed by atoms with Gasteiger partial charge in [-0.2, -0.15) is 0 Å². The van der Waals surface area contributed by atoms with Crippen LogP contribution >= 0.6 is 22.9 Å². The molecule has 0 aliphatic carbocycles. The number of nitrogens with one attached hydrogen (secondary N) is 1. The van der Waals surface area contributed by atoms with Crippen molar-refractivity contribution in [2.24, 2.45) is 0 Å². The van der Waals surface area contributed by atoms with Gasteiger partial charge in [0, 0.05) is 5.69 Å². The van der Waals surface area contributed by atoms with Gasteiger partial charge < -0.3 is 10.1 Å². The summed E-state index contributed by atoms with van der Waals surface area (Å²) in [5.41, 5.74) is 1.75. The second kappa shape index (κ2) is 3.72. The zero-order valence-electron chi connectivity index (χ0n) is 7.87. The Morgan fingerprint density at radius 2 is 2.27 bits per heavy atom. The maximum atomic E-state index is 10.8. The maximum Gasteiger partial charge on any atom is 0.337 e. The van der Waals surface area contributed by atoms with E-state index in [2.05, 4.69) is 4.98 Å². The van der Waals surface area contributed by atoms with Gasteiger partial charge in [0.2, 0.25) is 0 Å². The lowest BCUT2D eigenvalue weighted by atomic mass is 10.2. The Morgan fingerprint density at radius 1 is 1.53 bits per heavy atom. The fourth-order valence-electron chi connectivity index (χ4n) is 1.37. The molecule has 0 aromatic carbocycles. The summed E-state index contributed by atoms with van der Waals surface area (Å²) >= 11 is 7.22. The standard InChI is InChI=1S/C10H8ClNO2S/c1-5-6(10(13)14)4-7(12-5)8-2-3-9(11)15-8/h2-4,12H,1H3,(H,13,14). The van der Waals surface area contributed by atoms with E-state index >= 15 is 0 Å². The van der Waals surface area contributed by atoms with Gasteiger partial charge in [0.05, 0.1) is 20.5 Å².